The lowest BCUT2D eigenvalue weighted by atomic mass is 9.55. The molecule has 2 N–H and O–H groups in total. The van der Waals surface area contributed by atoms with Crippen molar-refractivity contribution in [3.63, 3.8) is 0 Å². The van der Waals surface area contributed by atoms with Gasteiger partial charge in [0.15, 0.2) is 0 Å². The Morgan fingerprint density at radius 1 is 0.770 bits per heavy atom. The first-order valence-electron chi connectivity index (χ1n) is 27.8. The third-order valence-corrected chi connectivity index (χ3v) is 15.6. The van der Waals surface area contributed by atoms with Crippen LogP contribution in [0.5, 0.6) is 17.2 Å². The van der Waals surface area contributed by atoms with E-state index in [-0.39, 0.29) is 50.5 Å². The maximum atomic E-state index is 15.3. The third-order valence-electron chi connectivity index (χ3n) is 15.6. The van der Waals surface area contributed by atoms with Crippen molar-refractivity contribution in [2.24, 2.45) is 22.9 Å². The first-order valence-corrected chi connectivity index (χ1v) is 27.8. The molecule has 2 aliphatic carbocycles. The molecule has 5 aromatic carbocycles. The van der Waals surface area contributed by atoms with Gasteiger partial charge in [-0.1, -0.05) is 180 Å². The minimum absolute atomic E-state index is 0.0566. The first kappa shape index (κ1) is 54.3. The van der Waals surface area contributed by atoms with Gasteiger partial charge in [-0.05, 0) is 107 Å². The predicted octanol–water partition coefficient (Wildman–Crippen LogP) is 15.1. The molecule has 3 aliphatic rings. The van der Waals surface area contributed by atoms with Crippen molar-refractivity contribution in [1.29, 1.82) is 0 Å². The molecule has 0 radical (unpaired) electrons. The SMILES string of the molecule is C=CCO[C@@]12Oc3ccc(Oc4ccc(-c5ccccc5)cc4)cc3[C@H]3[C@H](CCCCO)[C@@H](CCCCO)C=C(C(=NOC)C[C@@H]1N(Cc1cccc4ccccc14)C(=O)OCCCCCCCCCCCC)[C@H]32. The lowest BCUT2D eigenvalue weighted by Crippen LogP contribution is -2.70. The molecule has 1 amide bonds. The van der Waals surface area contributed by atoms with Gasteiger partial charge in [0.05, 0.1) is 31.4 Å². The Morgan fingerprint density at radius 2 is 1.45 bits per heavy atom. The second-order valence-corrected chi connectivity index (χ2v) is 20.5. The van der Waals surface area contributed by atoms with E-state index in [4.69, 9.17) is 28.9 Å². The standard InChI is InChI=1S/C64H80N2O8/c1-4-6-7-8-9-10-11-12-13-23-42-71-63(69)66(46-51-30-24-29-49-27-17-18-31-54(49)51)60-45-58(65-70-3)56-43-50(28-19-21-39-67)55(32-20-22-40-68)61-57-44-53(37-38-59(57)74-64(60,62(56)61)72-41-5-2)73-52-35-33-48(34-36-52)47-25-15-14-16-26-47/h5,14-18,24-27,29-31,33-38,43-44,50,55,60-62,67-68H,2,4,6-13,19-23,28,32,39-42,45-46H2,1,3H3/t50-,55+,60-,61+,62+,64+/m0/s1. The summed E-state index contributed by atoms with van der Waals surface area (Å²) in [5.74, 6) is 0.0681. The van der Waals surface area contributed by atoms with Gasteiger partial charge in [0.2, 0.25) is 5.79 Å². The van der Waals surface area contributed by atoms with Crippen molar-refractivity contribution in [3.05, 3.63) is 151 Å². The molecule has 1 saturated carbocycles. The zero-order valence-electron chi connectivity index (χ0n) is 44.0. The van der Waals surface area contributed by atoms with E-state index in [9.17, 15) is 10.2 Å². The van der Waals surface area contributed by atoms with Crippen molar-refractivity contribution >= 4 is 22.6 Å². The Morgan fingerprint density at radius 3 is 2.18 bits per heavy atom. The van der Waals surface area contributed by atoms with E-state index < -0.39 is 23.8 Å². The number of hydrogen-bond acceptors (Lipinski definition) is 9. The quantitative estimate of drug-likeness (QED) is 0.0276. The number of benzene rings is 5. The molecule has 0 saturated heterocycles. The largest absolute Gasteiger partial charge is 0.459 e. The first-order chi connectivity index (χ1) is 36.4. The summed E-state index contributed by atoms with van der Waals surface area (Å²) in [6.07, 6.45) is 20.4. The van der Waals surface area contributed by atoms with Crippen LogP contribution in [-0.4, -0.2) is 72.3 Å². The summed E-state index contributed by atoms with van der Waals surface area (Å²) in [7, 11) is 1.58. The lowest BCUT2D eigenvalue weighted by molar-refractivity contribution is -0.256. The van der Waals surface area contributed by atoms with Crippen LogP contribution in [0, 0.1) is 17.8 Å². The summed E-state index contributed by atoms with van der Waals surface area (Å²) >= 11 is 0. The van der Waals surface area contributed by atoms with Gasteiger partial charge >= 0.3 is 6.09 Å². The highest BCUT2D eigenvalue weighted by Crippen LogP contribution is 2.62. The van der Waals surface area contributed by atoms with E-state index in [1.165, 1.54) is 44.9 Å². The van der Waals surface area contributed by atoms with Crippen LogP contribution in [0.1, 0.15) is 133 Å². The van der Waals surface area contributed by atoms with E-state index in [2.05, 4.69) is 74.2 Å². The van der Waals surface area contributed by atoms with Gasteiger partial charge in [-0.2, -0.15) is 0 Å². The number of aliphatic hydroxyl groups is 2. The number of nitrogens with zero attached hydrogens (tertiary/aromatic N) is 2. The number of carbonyl (C=O) groups excluding carboxylic acids is 1. The molecule has 8 rings (SSSR count). The van der Waals surface area contributed by atoms with E-state index in [1.54, 1.807) is 13.2 Å². The smallest absolute Gasteiger partial charge is 0.410 e. The van der Waals surface area contributed by atoms with Gasteiger partial charge in [0.1, 0.15) is 30.4 Å². The normalized spacial score (nSPS) is 21.3. The molecule has 10 nitrogen and oxygen atoms in total. The molecule has 0 aromatic heterocycles. The van der Waals surface area contributed by atoms with Crippen molar-refractivity contribution in [3.8, 4) is 28.4 Å². The molecule has 5 aromatic rings. The molecule has 0 unspecified atom stereocenters. The number of ether oxygens (including phenoxy) is 4. The molecule has 10 heteroatoms. The second-order valence-electron chi connectivity index (χ2n) is 20.5. The van der Waals surface area contributed by atoms with E-state index in [1.807, 2.05) is 65.6 Å². The van der Waals surface area contributed by atoms with Gasteiger partial charge in [-0.15, -0.1) is 6.58 Å². The second kappa shape index (κ2) is 27.6. The summed E-state index contributed by atoms with van der Waals surface area (Å²) in [4.78, 5) is 22.9. The van der Waals surface area contributed by atoms with Crippen LogP contribution in [-0.2, 0) is 20.9 Å². The maximum absolute atomic E-state index is 15.3. The highest BCUT2D eigenvalue weighted by molar-refractivity contribution is 6.03. The number of carbonyl (C=O) groups is 1. The van der Waals surface area contributed by atoms with Crippen LogP contribution in [0.3, 0.4) is 0 Å². The highest BCUT2D eigenvalue weighted by atomic mass is 16.7. The molecule has 0 bridgehead atoms. The summed E-state index contributed by atoms with van der Waals surface area (Å²) in [5.41, 5.74) is 5.90. The van der Waals surface area contributed by atoms with E-state index in [0.717, 1.165) is 89.3 Å². The number of amides is 1. The van der Waals surface area contributed by atoms with Gasteiger partial charge < -0.3 is 34.0 Å². The van der Waals surface area contributed by atoms with Crippen molar-refractivity contribution in [1.82, 2.24) is 4.90 Å². The average molecular weight is 1010 g/mol. The molecule has 1 fully saturated rings. The van der Waals surface area contributed by atoms with Crippen LogP contribution < -0.4 is 9.47 Å². The number of rotatable bonds is 29. The fraction of sp³-hybridized carbons (Fsp3) is 0.469. The third kappa shape index (κ3) is 13.1. The van der Waals surface area contributed by atoms with Gasteiger partial charge in [0, 0.05) is 31.1 Å². The molecule has 0 spiro atoms. The lowest BCUT2D eigenvalue weighted by Gasteiger charge is -2.59. The number of oxime groups is 1. The molecular weight excluding hydrogens is 925 g/mol. The Bertz CT molecular complexity index is 2610. The molecule has 1 heterocycles. The summed E-state index contributed by atoms with van der Waals surface area (Å²) in [6.45, 7) is 7.29. The molecule has 394 valence electrons. The summed E-state index contributed by atoms with van der Waals surface area (Å²) in [5, 5.41) is 27.1. The summed E-state index contributed by atoms with van der Waals surface area (Å²) in [6, 6.07) is 38.3. The average Bonchev–Trinajstić information content (AvgIpc) is 3.46. The maximum Gasteiger partial charge on any atom is 0.410 e. The van der Waals surface area contributed by atoms with E-state index >= 15 is 4.79 Å². The van der Waals surface area contributed by atoms with Gasteiger partial charge in [-0.3, -0.25) is 4.90 Å². The van der Waals surface area contributed by atoms with Crippen LogP contribution in [0.4, 0.5) is 4.79 Å². The molecule has 1 aliphatic heterocycles. The predicted molar refractivity (Wildman–Crippen MR) is 297 cm³/mol. The van der Waals surface area contributed by atoms with Crippen LogP contribution in [0.25, 0.3) is 21.9 Å². The summed E-state index contributed by atoms with van der Waals surface area (Å²) < 4.78 is 27.9. The van der Waals surface area contributed by atoms with Crippen LogP contribution >= 0.6 is 0 Å². The Hall–Kier alpha value is -5.94. The topological polar surface area (TPSA) is 119 Å². The monoisotopic (exact) mass is 1000 g/mol. The molecule has 74 heavy (non-hydrogen) atoms. The number of allylic oxidation sites excluding steroid dienone is 1. The van der Waals surface area contributed by atoms with Crippen molar-refractivity contribution in [2.45, 2.75) is 140 Å². The molecule has 6 atom stereocenters. The van der Waals surface area contributed by atoms with E-state index in [0.29, 0.717) is 36.7 Å². The number of aliphatic hydroxyl groups excluding tert-OH is 2. The van der Waals surface area contributed by atoms with Crippen molar-refractivity contribution in [2.75, 3.05) is 33.5 Å². The minimum Gasteiger partial charge on any atom is -0.459 e. The Balaban J connectivity index is 1.21. The minimum atomic E-state index is -1.44. The zero-order valence-corrected chi connectivity index (χ0v) is 44.0. The van der Waals surface area contributed by atoms with Crippen LogP contribution in [0.15, 0.2) is 145 Å². The highest BCUT2D eigenvalue weighted by Gasteiger charge is 2.65. The van der Waals surface area contributed by atoms with Crippen molar-refractivity contribution < 1.29 is 38.8 Å². The zero-order chi connectivity index (χ0) is 51.5. The fourth-order valence-corrected chi connectivity index (χ4v) is 12.1. The number of hydrogen-bond donors (Lipinski definition) is 2. The Labute approximate surface area is 440 Å². The van der Waals surface area contributed by atoms with Gasteiger partial charge in [0.25, 0.3) is 0 Å². The Kier molecular flexibility index (Phi) is 20.2. The van der Waals surface area contributed by atoms with Crippen LogP contribution in [0.2, 0.25) is 0 Å². The van der Waals surface area contributed by atoms with Gasteiger partial charge in [-0.25, -0.2) is 4.79 Å². The molecular formula is C64H80N2O8. The number of unbranched alkanes of at least 4 members (excludes halogenated alkanes) is 11. The fourth-order valence-electron chi connectivity index (χ4n) is 12.1. The number of fused-ring (bicyclic) bond motifs is 3.